The Hall–Kier alpha value is -2.48. The number of sulfonamides is 1. The fraction of sp³-hybridized carbons (Fsp3) is 0.0500. The lowest BCUT2D eigenvalue weighted by Crippen LogP contribution is -2.14. The minimum absolute atomic E-state index is 0.158. The fourth-order valence-corrected chi connectivity index (χ4v) is 4.19. The van der Waals surface area contributed by atoms with Crippen LogP contribution in [0.4, 0.5) is 11.4 Å². The third-order valence-electron chi connectivity index (χ3n) is 3.84. The average Bonchev–Trinajstić information content (AvgIpc) is 2.69. The Morgan fingerprint density at radius 2 is 1.64 bits per heavy atom. The number of amides is 1. The third kappa shape index (κ3) is 4.86. The fourth-order valence-electron chi connectivity index (χ4n) is 2.48. The van der Waals surface area contributed by atoms with Gasteiger partial charge in [-0.05, 0) is 54.8 Å². The van der Waals surface area contributed by atoms with E-state index in [1.165, 1.54) is 23.9 Å². The summed E-state index contributed by atoms with van der Waals surface area (Å²) in [5, 5.41) is 3.09. The molecule has 1 amide bonds. The van der Waals surface area contributed by atoms with Crippen LogP contribution in [0.5, 0.6) is 0 Å². The smallest absolute Gasteiger partial charge is 0.261 e. The minimum atomic E-state index is -3.71. The maximum absolute atomic E-state index is 12.6. The molecule has 0 radical (unpaired) electrons. The Labute approximate surface area is 173 Å². The van der Waals surface area contributed by atoms with Gasteiger partial charge in [-0.15, -0.1) is 11.8 Å². The summed E-state index contributed by atoms with van der Waals surface area (Å²) in [5.74, 6) is -0.371. The molecule has 28 heavy (non-hydrogen) atoms. The second-order valence-electron chi connectivity index (χ2n) is 5.80. The Kier molecular flexibility index (Phi) is 6.28. The van der Waals surface area contributed by atoms with Crippen molar-refractivity contribution in [3.8, 4) is 0 Å². The van der Waals surface area contributed by atoms with Gasteiger partial charge < -0.3 is 5.32 Å². The van der Waals surface area contributed by atoms with Crippen LogP contribution in [0.3, 0.4) is 0 Å². The zero-order valence-corrected chi connectivity index (χ0v) is 17.2. The topological polar surface area (TPSA) is 75.3 Å². The highest BCUT2D eigenvalue weighted by molar-refractivity contribution is 7.98. The van der Waals surface area contributed by atoms with Crippen LogP contribution in [-0.2, 0) is 10.0 Å². The Balaban J connectivity index is 1.80. The molecular weight excluding hydrogens is 416 g/mol. The van der Waals surface area contributed by atoms with Crippen LogP contribution in [-0.4, -0.2) is 20.6 Å². The van der Waals surface area contributed by atoms with E-state index >= 15 is 0 Å². The first-order valence-electron chi connectivity index (χ1n) is 8.22. The van der Waals surface area contributed by atoms with E-state index in [2.05, 4.69) is 10.0 Å². The minimum Gasteiger partial charge on any atom is -0.322 e. The lowest BCUT2D eigenvalue weighted by molar-refractivity contribution is 0.102. The van der Waals surface area contributed by atoms with Crippen molar-refractivity contribution < 1.29 is 13.2 Å². The molecule has 144 valence electrons. The quantitative estimate of drug-likeness (QED) is 0.530. The average molecular weight is 433 g/mol. The maximum atomic E-state index is 12.6. The number of carbonyl (C=O) groups excluding carboxylic acids is 1. The van der Waals surface area contributed by atoms with Gasteiger partial charge in [0.1, 0.15) is 0 Å². The first-order valence-corrected chi connectivity index (χ1v) is 11.3. The van der Waals surface area contributed by atoms with E-state index in [9.17, 15) is 13.2 Å². The SMILES string of the molecule is CSc1ccc(Cl)c(C(=O)Nc2cccc(NS(=O)(=O)c3ccccc3)c2)c1. The van der Waals surface area contributed by atoms with Crippen LogP contribution in [0, 0.1) is 0 Å². The summed E-state index contributed by atoms with van der Waals surface area (Å²) in [6.45, 7) is 0. The molecule has 0 unspecified atom stereocenters. The summed E-state index contributed by atoms with van der Waals surface area (Å²) < 4.78 is 27.4. The molecule has 0 heterocycles. The van der Waals surface area contributed by atoms with Gasteiger partial charge in [0.15, 0.2) is 0 Å². The van der Waals surface area contributed by atoms with Crippen molar-refractivity contribution in [1.82, 2.24) is 0 Å². The largest absolute Gasteiger partial charge is 0.322 e. The molecular formula is C20H17ClN2O3S2. The number of nitrogens with one attached hydrogen (secondary N) is 2. The summed E-state index contributed by atoms with van der Waals surface area (Å²) in [7, 11) is -3.71. The molecule has 0 saturated carbocycles. The molecule has 8 heteroatoms. The van der Waals surface area contributed by atoms with E-state index in [-0.39, 0.29) is 10.8 Å². The van der Waals surface area contributed by atoms with Crippen LogP contribution in [0.2, 0.25) is 5.02 Å². The molecule has 0 saturated heterocycles. The molecule has 2 N–H and O–H groups in total. The zero-order valence-electron chi connectivity index (χ0n) is 14.8. The molecule has 5 nitrogen and oxygen atoms in total. The van der Waals surface area contributed by atoms with Gasteiger partial charge in [0.2, 0.25) is 0 Å². The van der Waals surface area contributed by atoms with Gasteiger partial charge in [0.25, 0.3) is 15.9 Å². The van der Waals surface area contributed by atoms with Crippen LogP contribution >= 0.6 is 23.4 Å². The van der Waals surface area contributed by atoms with E-state index in [1.54, 1.807) is 54.6 Å². The Morgan fingerprint density at radius 3 is 2.36 bits per heavy atom. The van der Waals surface area contributed by atoms with Crippen molar-refractivity contribution in [3.63, 3.8) is 0 Å². The molecule has 0 fully saturated rings. The highest BCUT2D eigenvalue weighted by Crippen LogP contribution is 2.25. The normalized spacial score (nSPS) is 11.1. The van der Waals surface area contributed by atoms with Gasteiger partial charge >= 0.3 is 0 Å². The van der Waals surface area contributed by atoms with Crippen LogP contribution in [0.25, 0.3) is 0 Å². The van der Waals surface area contributed by atoms with Crippen molar-refractivity contribution in [2.75, 3.05) is 16.3 Å². The molecule has 0 bridgehead atoms. The van der Waals surface area contributed by atoms with Crippen LogP contribution in [0.1, 0.15) is 10.4 Å². The predicted octanol–water partition coefficient (Wildman–Crippen LogP) is 5.12. The highest BCUT2D eigenvalue weighted by atomic mass is 35.5. The number of anilines is 2. The number of rotatable bonds is 6. The first kappa shape index (κ1) is 20.3. The number of hydrogen-bond donors (Lipinski definition) is 2. The van der Waals surface area contributed by atoms with E-state index in [4.69, 9.17) is 11.6 Å². The zero-order chi connectivity index (χ0) is 20.1. The lowest BCUT2D eigenvalue weighted by atomic mass is 10.2. The summed E-state index contributed by atoms with van der Waals surface area (Å²) in [6.07, 6.45) is 1.91. The maximum Gasteiger partial charge on any atom is 0.261 e. The second kappa shape index (κ2) is 8.68. The van der Waals surface area contributed by atoms with Crippen LogP contribution in [0.15, 0.2) is 82.6 Å². The van der Waals surface area contributed by atoms with Crippen molar-refractivity contribution in [3.05, 3.63) is 83.4 Å². The lowest BCUT2D eigenvalue weighted by Gasteiger charge is -2.11. The third-order valence-corrected chi connectivity index (χ3v) is 6.30. The summed E-state index contributed by atoms with van der Waals surface area (Å²) in [5.41, 5.74) is 1.14. The number of halogens is 1. The number of benzene rings is 3. The van der Waals surface area contributed by atoms with Gasteiger partial charge in [-0.3, -0.25) is 9.52 Å². The second-order valence-corrected chi connectivity index (χ2v) is 8.77. The number of thioether (sulfide) groups is 1. The van der Waals surface area contributed by atoms with Gasteiger partial charge in [-0.1, -0.05) is 35.9 Å². The van der Waals surface area contributed by atoms with Gasteiger partial charge in [-0.2, -0.15) is 0 Å². The Bertz CT molecular complexity index is 1100. The summed E-state index contributed by atoms with van der Waals surface area (Å²) in [6, 6.07) is 19.8. The van der Waals surface area contributed by atoms with Crippen LogP contribution < -0.4 is 10.0 Å². The van der Waals surface area contributed by atoms with E-state index < -0.39 is 10.0 Å². The summed E-state index contributed by atoms with van der Waals surface area (Å²) >= 11 is 7.65. The molecule has 3 rings (SSSR count). The predicted molar refractivity (Wildman–Crippen MR) is 115 cm³/mol. The van der Waals surface area contributed by atoms with Crippen molar-refractivity contribution in [2.45, 2.75) is 9.79 Å². The highest BCUT2D eigenvalue weighted by Gasteiger charge is 2.15. The molecule has 0 aliphatic carbocycles. The van der Waals surface area contributed by atoms with E-state index in [1.807, 2.05) is 12.3 Å². The van der Waals surface area contributed by atoms with E-state index in [0.29, 0.717) is 22.0 Å². The standard InChI is InChI=1S/C20H17ClN2O3S2/c1-27-16-10-11-19(21)18(13-16)20(24)22-14-6-5-7-15(12-14)23-28(25,26)17-8-3-2-4-9-17/h2-13,23H,1H3,(H,22,24). The number of carbonyl (C=O) groups is 1. The molecule has 0 aliphatic rings. The van der Waals surface area contributed by atoms with Crippen molar-refractivity contribution in [2.24, 2.45) is 0 Å². The van der Waals surface area contributed by atoms with Gasteiger partial charge in [0, 0.05) is 10.6 Å². The Morgan fingerprint density at radius 1 is 0.929 bits per heavy atom. The molecule has 0 aromatic heterocycles. The molecule has 3 aromatic rings. The molecule has 0 atom stereocenters. The van der Waals surface area contributed by atoms with Crippen molar-refractivity contribution in [1.29, 1.82) is 0 Å². The van der Waals surface area contributed by atoms with Crippen molar-refractivity contribution >= 4 is 50.7 Å². The molecule has 3 aromatic carbocycles. The first-order chi connectivity index (χ1) is 13.4. The molecule has 0 spiro atoms. The summed E-state index contributed by atoms with van der Waals surface area (Å²) in [4.78, 5) is 13.7. The number of hydrogen-bond acceptors (Lipinski definition) is 4. The van der Waals surface area contributed by atoms with Gasteiger partial charge in [0.05, 0.1) is 21.2 Å². The van der Waals surface area contributed by atoms with E-state index in [0.717, 1.165) is 4.90 Å². The monoisotopic (exact) mass is 432 g/mol. The molecule has 0 aliphatic heterocycles. The van der Waals surface area contributed by atoms with Gasteiger partial charge in [-0.25, -0.2) is 8.42 Å².